The average molecular weight is 312 g/mol. The predicted octanol–water partition coefficient (Wildman–Crippen LogP) is 2.69. The summed E-state index contributed by atoms with van der Waals surface area (Å²) in [5, 5.41) is 3.56. The molecule has 0 saturated heterocycles. The molecule has 0 aliphatic heterocycles. The van der Waals surface area contributed by atoms with E-state index in [0.717, 1.165) is 13.0 Å². The van der Waals surface area contributed by atoms with Gasteiger partial charge in [0.05, 0.1) is 5.75 Å². The second-order valence-electron chi connectivity index (χ2n) is 5.98. The highest BCUT2D eigenvalue weighted by atomic mass is 32.2. The molecule has 1 atom stereocenters. The van der Waals surface area contributed by atoms with Crippen molar-refractivity contribution in [3.8, 4) is 0 Å². The van der Waals surface area contributed by atoms with E-state index in [0.29, 0.717) is 24.8 Å². The van der Waals surface area contributed by atoms with Crippen molar-refractivity contribution in [1.82, 2.24) is 9.88 Å². The lowest BCUT2D eigenvalue weighted by molar-refractivity contribution is 0.502. The zero-order valence-corrected chi connectivity index (χ0v) is 14.1. The SMILES string of the molecule is CCCS(=O)(=O)CCn1cc2c(c1)C(NCC)CCCC2. The molecule has 21 heavy (non-hydrogen) atoms. The molecule has 1 unspecified atom stereocenters. The van der Waals surface area contributed by atoms with E-state index in [-0.39, 0.29) is 5.75 Å². The lowest BCUT2D eigenvalue weighted by Gasteiger charge is -2.15. The van der Waals surface area contributed by atoms with E-state index < -0.39 is 9.84 Å². The van der Waals surface area contributed by atoms with Crippen LogP contribution in [0.5, 0.6) is 0 Å². The Bertz CT molecular complexity index is 549. The maximum Gasteiger partial charge on any atom is 0.152 e. The fourth-order valence-electron chi connectivity index (χ4n) is 3.16. The summed E-state index contributed by atoms with van der Waals surface area (Å²) in [4.78, 5) is 0. The molecule has 1 N–H and O–H groups in total. The van der Waals surface area contributed by atoms with E-state index in [1.165, 1.54) is 30.4 Å². The van der Waals surface area contributed by atoms with E-state index in [9.17, 15) is 8.42 Å². The number of hydrogen-bond acceptors (Lipinski definition) is 3. The van der Waals surface area contributed by atoms with Gasteiger partial charge in [-0.3, -0.25) is 0 Å². The summed E-state index contributed by atoms with van der Waals surface area (Å²) in [6, 6.07) is 0.431. The fraction of sp³-hybridized carbons (Fsp3) is 0.750. The van der Waals surface area contributed by atoms with Crippen LogP contribution < -0.4 is 5.32 Å². The molecule has 1 aliphatic carbocycles. The van der Waals surface area contributed by atoms with E-state index in [1.807, 2.05) is 6.92 Å². The molecule has 120 valence electrons. The van der Waals surface area contributed by atoms with Crippen molar-refractivity contribution in [2.75, 3.05) is 18.1 Å². The minimum Gasteiger partial charge on any atom is -0.353 e. The Kier molecular flexibility index (Phi) is 5.88. The summed E-state index contributed by atoms with van der Waals surface area (Å²) >= 11 is 0. The van der Waals surface area contributed by atoms with Crippen LogP contribution in [0.2, 0.25) is 0 Å². The monoisotopic (exact) mass is 312 g/mol. The van der Waals surface area contributed by atoms with Gasteiger partial charge in [0.1, 0.15) is 0 Å². The molecule has 0 bridgehead atoms. The summed E-state index contributed by atoms with van der Waals surface area (Å²) in [7, 11) is -2.90. The van der Waals surface area contributed by atoms with E-state index in [2.05, 4.69) is 29.2 Å². The molecule has 4 nitrogen and oxygen atoms in total. The van der Waals surface area contributed by atoms with E-state index in [1.54, 1.807) is 0 Å². The molecule has 5 heteroatoms. The maximum absolute atomic E-state index is 11.8. The molecule has 1 aliphatic rings. The minimum absolute atomic E-state index is 0.250. The highest BCUT2D eigenvalue weighted by molar-refractivity contribution is 7.91. The smallest absolute Gasteiger partial charge is 0.152 e. The van der Waals surface area contributed by atoms with Crippen LogP contribution in [-0.2, 0) is 22.8 Å². The molecule has 1 aromatic heterocycles. The first-order valence-corrected chi connectivity index (χ1v) is 10.00. The van der Waals surface area contributed by atoms with Crippen molar-refractivity contribution in [3.05, 3.63) is 23.5 Å². The third-order valence-corrected chi connectivity index (χ3v) is 6.02. The third-order valence-electron chi connectivity index (χ3n) is 4.19. The number of aryl methyl sites for hydroxylation is 2. The second-order valence-corrected chi connectivity index (χ2v) is 8.29. The van der Waals surface area contributed by atoms with Crippen molar-refractivity contribution in [2.24, 2.45) is 0 Å². The molecule has 0 amide bonds. The van der Waals surface area contributed by atoms with Gasteiger partial charge in [-0.25, -0.2) is 8.42 Å². The first kappa shape index (κ1) is 16.6. The number of nitrogens with one attached hydrogen (secondary N) is 1. The molecule has 0 fully saturated rings. The Balaban J connectivity index is 2.08. The summed E-state index contributed by atoms with van der Waals surface area (Å²) in [6.07, 6.45) is 9.81. The Morgan fingerprint density at radius 2 is 2.05 bits per heavy atom. The fourth-order valence-corrected chi connectivity index (χ4v) is 4.48. The van der Waals surface area contributed by atoms with Gasteiger partial charge in [0.2, 0.25) is 0 Å². The lowest BCUT2D eigenvalue weighted by Crippen LogP contribution is -2.20. The maximum atomic E-state index is 11.8. The van der Waals surface area contributed by atoms with E-state index in [4.69, 9.17) is 0 Å². The van der Waals surface area contributed by atoms with Crippen LogP contribution >= 0.6 is 0 Å². The normalized spacial score (nSPS) is 19.2. The van der Waals surface area contributed by atoms with Crippen molar-refractivity contribution in [3.63, 3.8) is 0 Å². The Labute approximate surface area is 128 Å². The predicted molar refractivity (Wildman–Crippen MR) is 87.3 cm³/mol. The molecule has 0 spiro atoms. The Hall–Kier alpha value is -0.810. The molecular formula is C16H28N2O2S. The number of hydrogen-bond donors (Lipinski definition) is 1. The van der Waals surface area contributed by atoms with Crippen LogP contribution in [0.15, 0.2) is 12.4 Å². The van der Waals surface area contributed by atoms with Crippen LogP contribution in [-0.4, -0.2) is 31.0 Å². The minimum atomic E-state index is -2.90. The van der Waals surface area contributed by atoms with Crippen molar-refractivity contribution in [2.45, 2.75) is 58.5 Å². The average Bonchev–Trinajstić information content (AvgIpc) is 2.75. The summed E-state index contributed by atoms with van der Waals surface area (Å²) < 4.78 is 25.8. The molecule has 1 aromatic rings. The summed E-state index contributed by atoms with van der Waals surface area (Å²) in [5.41, 5.74) is 2.77. The number of fused-ring (bicyclic) bond motifs is 1. The van der Waals surface area contributed by atoms with Gasteiger partial charge in [-0.05, 0) is 43.4 Å². The van der Waals surface area contributed by atoms with E-state index >= 15 is 0 Å². The summed E-state index contributed by atoms with van der Waals surface area (Å²) in [5.74, 6) is 0.550. The number of sulfone groups is 1. The second kappa shape index (κ2) is 7.45. The van der Waals surface area contributed by atoms with Gasteiger partial charge in [0.25, 0.3) is 0 Å². The topological polar surface area (TPSA) is 51.1 Å². The van der Waals surface area contributed by atoms with Crippen LogP contribution in [0.4, 0.5) is 0 Å². The van der Waals surface area contributed by atoms with Crippen molar-refractivity contribution < 1.29 is 8.42 Å². The van der Waals surface area contributed by atoms with Gasteiger partial charge >= 0.3 is 0 Å². The van der Waals surface area contributed by atoms with Crippen molar-refractivity contribution >= 4 is 9.84 Å². The third kappa shape index (κ3) is 4.58. The molecular weight excluding hydrogens is 284 g/mol. The van der Waals surface area contributed by atoms with Gasteiger partial charge < -0.3 is 9.88 Å². The molecule has 0 aromatic carbocycles. The molecule has 2 rings (SSSR count). The van der Waals surface area contributed by atoms with Gasteiger partial charge in [-0.2, -0.15) is 0 Å². The van der Waals surface area contributed by atoms with Crippen LogP contribution in [0, 0.1) is 0 Å². The Morgan fingerprint density at radius 3 is 2.76 bits per heavy atom. The van der Waals surface area contributed by atoms with Gasteiger partial charge in [-0.15, -0.1) is 0 Å². The van der Waals surface area contributed by atoms with Crippen LogP contribution in [0.25, 0.3) is 0 Å². The van der Waals surface area contributed by atoms with Crippen LogP contribution in [0.3, 0.4) is 0 Å². The first-order valence-electron chi connectivity index (χ1n) is 8.18. The zero-order valence-electron chi connectivity index (χ0n) is 13.3. The zero-order chi connectivity index (χ0) is 15.3. The standard InChI is InChI=1S/C16H28N2O2S/c1-3-10-21(19,20)11-9-18-12-14-7-5-6-8-16(17-4-2)15(14)13-18/h12-13,16-17H,3-11H2,1-2H3. The van der Waals surface area contributed by atoms with Gasteiger partial charge in [0.15, 0.2) is 9.84 Å². The molecule has 0 saturated carbocycles. The number of nitrogens with zero attached hydrogens (tertiary/aromatic N) is 1. The van der Waals surface area contributed by atoms with Gasteiger partial charge in [-0.1, -0.05) is 20.3 Å². The first-order chi connectivity index (χ1) is 10.1. The number of rotatable bonds is 7. The van der Waals surface area contributed by atoms with Crippen LogP contribution in [0.1, 0.15) is 56.7 Å². The van der Waals surface area contributed by atoms with Crippen molar-refractivity contribution in [1.29, 1.82) is 0 Å². The summed E-state index contributed by atoms with van der Waals surface area (Å²) in [6.45, 7) is 5.60. The molecule has 1 heterocycles. The lowest BCUT2D eigenvalue weighted by atomic mass is 10.0. The quantitative estimate of drug-likeness (QED) is 0.788. The van der Waals surface area contributed by atoms with Gasteiger partial charge in [0, 0.05) is 30.7 Å². The largest absolute Gasteiger partial charge is 0.353 e. The Morgan fingerprint density at radius 1 is 1.24 bits per heavy atom. The molecule has 0 radical (unpaired) electrons. The highest BCUT2D eigenvalue weighted by Crippen LogP contribution is 2.29. The highest BCUT2D eigenvalue weighted by Gasteiger charge is 2.20. The number of aromatic nitrogens is 1.